The van der Waals surface area contributed by atoms with Crippen molar-refractivity contribution in [2.75, 3.05) is 40.3 Å². The number of guanidine groups is 1. The van der Waals surface area contributed by atoms with Crippen molar-refractivity contribution in [2.45, 2.75) is 12.8 Å². The van der Waals surface area contributed by atoms with Gasteiger partial charge >= 0.3 is 0 Å². The molecule has 4 nitrogen and oxygen atoms in total. The van der Waals surface area contributed by atoms with E-state index in [-0.39, 0.29) is 0 Å². The molecule has 1 heterocycles. The smallest absolute Gasteiger partial charge is 0.190 e. The number of nitrogens with one attached hydrogen (secondary N) is 2. The summed E-state index contributed by atoms with van der Waals surface area (Å²) in [5, 5.41) is 6.43. The van der Waals surface area contributed by atoms with Crippen molar-refractivity contribution in [3.8, 4) is 0 Å². The van der Waals surface area contributed by atoms with Crippen LogP contribution in [0.25, 0.3) is 0 Å². The molecule has 1 aliphatic heterocycles. The van der Waals surface area contributed by atoms with E-state index in [4.69, 9.17) is 0 Å². The molecule has 0 bridgehead atoms. The predicted octanol–water partition coefficient (Wildman–Crippen LogP) is 1.35. The number of hydrogen-bond acceptors (Lipinski definition) is 2. The SMILES string of the molecule is CN=C(NC)NCC1CCN(CCc2ccccc2)C1. The largest absolute Gasteiger partial charge is 0.359 e. The van der Waals surface area contributed by atoms with Crippen molar-refractivity contribution >= 4 is 5.96 Å². The summed E-state index contributed by atoms with van der Waals surface area (Å²) >= 11 is 0. The molecule has 2 N–H and O–H groups in total. The van der Waals surface area contributed by atoms with Crippen molar-refractivity contribution in [2.24, 2.45) is 10.9 Å². The Hall–Kier alpha value is -1.55. The minimum atomic E-state index is 0.732. The first-order valence-electron chi connectivity index (χ1n) is 7.46. The van der Waals surface area contributed by atoms with Gasteiger partial charge in [-0.25, -0.2) is 0 Å². The van der Waals surface area contributed by atoms with Gasteiger partial charge in [-0.05, 0) is 30.9 Å². The first kappa shape index (κ1) is 14.9. The zero-order chi connectivity index (χ0) is 14.2. The summed E-state index contributed by atoms with van der Waals surface area (Å²) in [5.41, 5.74) is 1.43. The molecule has 0 amide bonds. The Morgan fingerprint density at radius 1 is 1.35 bits per heavy atom. The molecule has 1 fully saturated rings. The predicted molar refractivity (Wildman–Crippen MR) is 85.1 cm³/mol. The molecule has 0 spiro atoms. The van der Waals surface area contributed by atoms with Crippen molar-refractivity contribution < 1.29 is 0 Å². The lowest BCUT2D eigenvalue weighted by atomic mass is 10.1. The molecular weight excluding hydrogens is 248 g/mol. The topological polar surface area (TPSA) is 39.7 Å². The van der Waals surface area contributed by atoms with Crippen LogP contribution in [0.2, 0.25) is 0 Å². The van der Waals surface area contributed by atoms with Gasteiger partial charge in [0.15, 0.2) is 5.96 Å². The standard InChI is InChI=1S/C16H26N4/c1-17-16(18-2)19-12-15-9-11-20(13-15)10-8-14-6-4-3-5-7-14/h3-7,15H,8-13H2,1-2H3,(H2,17,18,19). The van der Waals surface area contributed by atoms with Crippen LogP contribution in [0, 0.1) is 5.92 Å². The van der Waals surface area contributed by atoms with Crippen LogP contribution in [0.5, 0.6) is 0 Å². The molecule has 1 saturated heterocycles. The monoisotopic (exact) mass is 274 g/mol. The number of benzene rings is 1. The van der Waals surface area contributed by atoms with Crippen molar-refractivity contribution in [3.63, 3.8) is 0 Å². The van der Waals surface area contributed by atoms with Gasteiger partial charge in [0.05, 0.1) is 0 Å². The van der Waals surface area contributed by atoms with Crippen LogP contribution in [-0.2, 0) is 6.42 Å². The number of nitrogens with zero attached hydrogens (tertiary/aromatic N) is 2. The molecule has 1 aliphatic rings. The normalized spacial score (nSPS) is 20.1. The van der Waals surface area contributed by atoms with E-state index in [1.165, 1.54) is 31.6 Å². The summed E-state index contributed by atoms with van der Waals surface area (Å²) in [4.78, 5) is 6.71. The van der Waals surface area contributed by atoms with E-state index in [0.717, 1.165) is 24.8 Å². The molecule has 0 saturated carbocycles. The van der Waals surface area contributed by atoms with E-state index in [9.17, 15) is 0 Å². The Morgan fingerprint density at radius 3 is 2.85 bits per heavy atom. The minimum Gasteiger partial charge on any atom is -0.359 e. The van der Waals surface area contributed by atoms with Crippen LogP contribution in [0.1, 0.15) is 12.0 Å². The summed E-state index contributed by atoms with van der Waals surface area (Å²) in [6.45, 7) is 4.59. The lowest BCUT2D eigenvalue weighted by Crippen LogP contribution is -2.38. The maximum Gasteiger partial charge on any atom is 0.190 e. The molecular formula is C16H26N4. The van der Waals surface area contributed by atoms with Crippen molar-refractivity contribution in [1.82, 2.24) is 15.5 Å². The Kier molecular flexibility index (Phi) is 5.87. The van der Waals surface area contributed by atoms with Crippen LogP contribution in [0.3, 0.4) is 0 Å². The van der Waals surface area contributed by atoms with Crippen LogP contribution in [0.15, 0.2) is 35.3 Å². The lowest BCUT2D eigenvalue weighted by Gasteiger charge is -2.17. The summed E-state index contributed by atoms with van der Waals surface area (Å²) in [7, 11) is 3.70. The third-order valence-electron chi connectivity index (χ3n) is 3.95. The molecule has 0 aromatic heterocycles. The second kappa shape index (κ2) is 7.90. The number of hydrogen-bond donors (Lipinski definition) is 2. The highest BCUT2D eigenvalue weighted by molar-refractivity contribution is 5.79. The van der Waals surface area contributed by atoms with E-state index >= 15 is 0 Å². The van der Waals surface area contributed by atoms with Crippen molar-refractivity contribution in [1.29, 1.82) is 0 Å². The van der Waals surface area contributed by atoms with Gasteiger partial charge < -0.3 is 15.5 Å². The fourth-order valence-electron chi connectivity index (χ4n) is 2.73. The average molecular weight is 274 g/mol. The second-order valence-corrected chi connectivity index (χ2v) is 5.39. The average Bonchev–Trinajstić information content (AvgIpc) is 2.95. The van der Waals surface area contributed by atoms with Gasteiger partial charge in [-0.2, -0.15) is 0 Å². The van der Waals surface area contributed by atoms with E-state index in [2.05, 4.69) is 50.9 Å². The molecule has 1 atom stereocenters. The maximum atomic E-state index is 4.14. The first-order valence-corrected chi connectivity index (χ1v) is 7.46. The van der Waals surface area contributed by atoms with Gasteiger partial charge in [0.25, 0.3) is 0 Å². The lowest BCUT2D eigenvalue weighted by molar-refractivity contribution is 0.328. The highest BCUT2D eigenvalue weighted by Crippen LogP contribution is 2.15. The molecule has 1 aromatic carbocycles. The Bertz CT molecular complexity index is 416. The Morgan fingerprint density at radius 2 is 2.15 bits per heavy atom. The van der Waals surface area contributed by atoms with Crippen LogP contribution < -0.4 is 10.6 Å². The van der Waals surface area contributed by atoms with Crippen LogP contribution in [-0.4, -0.2) is 51.1 Å². The fourth-order valence-corrected chi connectivity index (χ4v) is 2.73. The number of aliphatic imine (C=N–C) groups is 1. The summed E-state index contributed by atoms with van der Waals surface area (Å²) in [5.74, 6) is 1.61. The summed E-state index contributed by atoms with van der Waals surface area (Å²) in [6.07, 6.45) is 2.43. The molecule has 20 heavy (non-hydrogen) atoms. The van der Waals surface area contributed by atoms with Gasteiger partial charge in [0, 0.05) is 33.7 Å². The van der Waals surface area contributed by atoms with E-state index in [1.54, 1.807) is 7.05 Å². The molecule has 110 valence electrons. The van der Waals surface area contributed by atoms with E-state index < -0.39 is 0 Å². The maximum absolute atomic E-state index is 4.14. The summed E-state index contributed by atoms with van der Waals surface area (Å²) in [6, 6.07) is 10.7. The van der Waals surface area contributed by atoms with Crippen LogP contribution >= 0.6 is 0 Å². The van der Waals surface area contributed by atoms with Crippen molar-refractivity contribution in [3.05, 3.63) is 35.9 Å². The third kappa shape index (κ3) is 4.53. The van der Waals surface area contributed by atoms with Gasteiger partial charge in [-0.15, -0.1) is 0 Å². The Labute approximate surface area is 122 Å². The Balaban J connectivity index is 1.67. The number of rotatable bonds is 5. The van der Waals surface area contributed by atoms with Crippen LogP contribution in [0.4, 0.5) is 0 Å². The third-order valence-corrected chi connectivity index (χ3v) is 3.95. The van der Waals surface area contributed by atoms with E-state index in [1.807, 2.05) is 7.05 Å². The second-order valence-electron chi connectivity index (χ2n) is 5.39. The fraction of sp³-hybridized carbons (Fsp3) is 0.562. The number of likely N-dealkylation sites (tertiary alicyclic amines) is 1. The molecule has 4 heteroatoms. The molecule has 1 aromatic rings. The van der Waals surface area contributed by atoms with Gasteiger partial charge in [0.2, 0.25) is 0 Å². The zero-order valence-corrected chi connectivity index (χ0v) is 12.6. The van der Waals surface area contributed by atoms with Gasteiger partial charge in [0.1, 0.15) is 0 Å². The summed E-state index contributed by atoms with van der Waals surface area (Å²) < 4.78 is 0. The minimum absolute atomic E-state index is 0.732. The molecule has 2 rings (SSSR count). The zero-order valence-electron chi connectivity index (χ0n) is 12.6. The van der Waals surface area contributed by atoms with Gasteiger partial charge in [-0.1, -0.05) is 30.3 Å². The molecule has 0 radical (unpaired) electrons. The quantitative estimate of drug-likeness (QED) is 0.629. The highest BCUT2D eigenvalue weighted by Gasteiger charge is 2.21. The first-order chi connectivity index (χ1) is 9.81. The van der Waals surface area contributed by atoms with E-state index in [0.29, 0.717) is 0 Å². The molecule has 1 unspecified atom stereocenters. The molecule has 0 aliphatic carbocycles. The highest BCUT2D eigenvalue weighted by atomic mass is 15.2. The van der Waals surface area contributed by atoms with Gasteiger partial charge in [-0.3, -0.25) is 4.99 Å².